The molecule has 0 saturated heterocycles. The largest absolute Gasteiger partial charge is 0.352 e. The van der Waals surface area contributed by atoms with E-state index in [-0.39, 0.29) is 24.4 Å². The second kappa shape index (κ2) is 8.54. The number of carbonyl (C=O) groups excluding carboxylic acids is 2. The lowest BCUT2D eigenvalue weighted by atomic mass is 10.2. The number of benzene rings is 2. The lowest BCUT2D eigenvalue weighted by molar-refractivity contribution is -0.121. The number of hydrogen-bond donors (Lipinski definition) is 2. The number of carbonyl (C=O) groups is 2. The minimum absolute atomic E-state index is 0.0555. The van der Waals surface area contributed by atoms with Crippen molar-refractivity contribution in [3.63, 3.8) is 0 Å². The van der Waals surface area contributed by atoms with Crippen molar-refractivity contribution in [2.45, 2.75) is 13.0 Å². The van der Waals surface area contributed by atoms with Crippen molar-refractivity contribution in [2.24, 2.45) is 0 Å². The molecular formula is C17H15BrF2N2O2. The van der Waals surface area contributed by atoms with Gasteiger partial charge in [0.2, 0.25) is 5.91 Å². The Morgan fingerprint density at radius 2 is 1.83 bits per heavy atom. The average molecular weight is 397 g/mol. The van der Waals surface area contributed by atoms with Gasteiger partial charge in [-0.05, 0) is 29.8 Å². The van der Waals surface area contributed by atoms with Crippen LogP contribution in [0.25, 0.3) is 0 Å². The Balaban J connectivity index is 1.75. The molecule has 0 spiro atoms. The molecule has 24 heavy (non-hydrogen) atoms. The highest BCUT2D eigenvalue weighted by molar-refractivity contribution is 9.10. The van der Waals surface area contributed by atoms with E-state index in [0.717, 1.165) is 22.2 Å². The summed E-state index contributed by atoms with van der Waals surface area (Å²) in [6, 6.07) is 10.2. The molecule has 0 radical (unpaired) electrons. The van der Waals surface area contributed by atoms with Gasteiger partial charge < -0.3 is 10.6 Å². The first-order chi connectivity index (χ1) is 11.5. The van der Waals surface area contributed by atoms with E-state index in [1.54, 1.807) is 0 Å². The lowest BCUT2D eigenvalue weighted by Crippen LogP contribution is -2.31. The molecule has 2 aromatic rings. The van der Waals surface area contributed by atoms with Crippen molar-refractivity contribution in [3.8, 4) is 0 Å². The van der Waals surface area contributed by atoms with Crippen LogP contribution in [0.2, 0.25) is 0 Å². The van der Waals surface area contributed by atoms with Crippen molar-refractivity contribution < 1.29 is 18.4 Å². The second-order valence-electron chi connectivity index (χ2n) is 5.04. The third kappa shape index (κ3) is 5.42. The standard InChI is InChI=1S/C17H15BrF2N2O2/c18-12-3-1-2-11(8-12)10-22-16(23)6-7-21-17(24)14-5-4-13(19)9-15(14)20/h1-5,8-9H,6-7,10H2,(H,21,24)(H,22,23). The highest BCUT2D eigenvalue weighted by Crippen LogP contribution is 2.11. The monoisotopic (exact) mass is 396 g/mol. The Labute approximate surface area is 146 Å². The smallest absolute Gasteiger partial charge is 0.254 e. The molecule has 0 aromatic heterocycles. The van der Waals surface area contributed by atoms with E-state index in [9.17, 15) is 18.4 Å². The maximum absolute atomic E-state index is 13.4. The molecule has 0 aliphatic heterocycles. The zero-order valence-electron chi connectivity index (χ0n) is 12.6. The van der Waals surface area contributed by atoms with E-state index in [1.165, 1.54) is 0 Å². The van der Waals surface area contributed by atoms with E-state index in [4.69, 9.17) is 0 Å². The van der Waals surface area contributed by atoms with Gasteiger partial charge in [0.15, 0.2) is 0 Å². The molecule has 0 aliphatic rings. The summed E-state index contributed by atoms with van der Waals surface area (Å²) in [6.07, 6.45) is 0.0581. The lowest BCUT2D eigenvalue weighted by Gasteiger charge is -2.08. The molecule has 4 nitrogen and oxygen atoms in total. The van der Waals surface area contributed by atoms with Crippen molar-refractivity contribution in [1.82, 2.24) is 10.6 Å². The summed E-state index contributed by atoms with van der Waals surface area (Å²) in [6.45, 7) is 0.429. The first-order valence-corrected chi connectivity index (χ1v) is 7.99. The normalized spacial score (nSPS) is 10.3. The maximum Gasteiger partial charge on any atom is 0.254 e. The van der Waals surface area contributed by atoms with Gasteiger partial charge in [0.25, 0.3) is 5.91 Å². The molecule has 2 N–H and O–H groups in total. The van der Waals surface area contributed by atoms with E-state index >= 15 is 0 Å². The predicted octanol–water partition coefficient (Wildman–Crippen LogP) is 3.16. The van der Waals surface area contributed by atoms with E-state index < -0.39 is 17.5 Å². The van der Waals surface area contributed by atoms with Crippen LogP contribution in [0.3, 0.4) is 0 Å². The molecule has 126 valence electrons. The quantitative estimate of drug-likeness (QED) is 0.787. The maximum atomic E-state index is 13.4. The van der Waals surface area contributed by atoms with Gasteiger partial charge in [0.05, 0.1) is 5.56 Å². The predicted molar refractivity (Wildman–Crippen MR) is 89.3 cm³/mol. The van der Waals surface area contributed by atoms with Crippen LogP contribution in [0, 0.1) is 11.6 Å². The molecule has 0 atom stereocenters. The molecule has 0 unspecified atom stereocenters. The summed E-state index contributed by atoms with van der Waals surface area (Å²) in [5.41, 5.74) is 0.682. The first-order valence-electron chi connectivity index (χ1n) is 7.20. The summed E-state index contributed by atoms with van der Waals surface area (Å²) in [4.78, 5) is 23.5. The summed E-state index contributed by atoms with van der Waals surface area (Å²) in [5, 5.41) is 5.15. The van der Waals surface area contributed by atoms with Gasteiger partial charge in [0.1, 0.15) is 11.6 Å². The van der Waals surface area contributed by atoms with Crippen LogP contribution in [0.4, 0.5) is 8.78 Å². The summed E-state index contributed by atoms with van der Waals surface area (Å²) in [7, 11) is 0. The van der Waals surface area contributed by atoms with Crippen LogP contribution in [-0.2, 0) is 11.3 Å². The molecule has 0 bridgehead atoms. The summed E-state index contributed by atoms with van der Waals surface area (Å²) in [5.74, 6) is -2.62. The molecule has 0 saturated carbocycles. The summed E-state index contributed by atoms with van der Waals surface area (Å²) < 4.78 is 27.2. The van der Waals surface area contributed by atoms with Gasteiger partial charge in [-0.2, -0.15) is 0 Å². The van der Waals surface area contributed by atoms with Crippen LogP contribution in [-0.4, -0.2) is 18.4 Å². The van der Waals surface area contributed by atoms with Gasteiger partial charge in [-0.15, -0.1) is 0 Å². The summed E-state index contributed by atoms with van der Waals surface area (Å²) >= 11 is 3.35. The Morgan fingerprint density at radius 3 is 2.54 bits per heavy atom. The molecule has 7 heteroatoms. The third-order valence-corrected chi connectivity index (χ3v) is 3.69. The Morgan fingerprint density at radius 1 is 1.04 bits per heavy atom. The Hall–Kier alpha value is -2.28. The molecular weight excluding hydrogens is 382 g/mol. The number of rotatable bonds is 6. The third-order valence-electron chi connectivity index (χ3n) is 3.19. The molecule has 2 rings (SSSR count). The van der Waals surface area contributed by atoms with E-state index in [0.29, 0.717) is 12.6 Å². The van der Waals surface area contributed by atoms with Crippen molar-refractivity contribution in [3.05, 3.63) is 69.7 Å². The van der Waals surface area contributed by atoms with Crippen LogP contribution in [0.1, 0.15) is 22.3 Å². The molecule has 0 aliphatic carbocycles. The number of amides is 2. The molecule has 2 aromatic carbocycles. The fraction of sp³-hybridized carbons (Fsp3) is 0.176. The SMILES string of the molecule is O=C(CCNC(=O)c1ccc(F)cc1F)NCc1cccc(Br)c1. The zero-order valence-corrected chi connectivity index (χ0v) is 14.2. The van der Waals surface area contributed by atoms with Gasteiger partial charge in [-0.3, -0.25) is 9.59 Å². The van der Waals surface area contributed by atoms with Gasteiger partial charge in [-0.25, -0.2) is 8.78 Å². The number of nitrogens with one attached hydrogen (secondary N) is 2. The Bertz CT molecular complexity index is 753. The molecule has 0 fully saturated rings. The molecule has 2 amide bonds. The highest BCUT2D eigenvalue weighted by atomic mass is 79.9. The zero-order chi connectivity index (χ0) is 17.5. The fourth-order valence-electron chi connectivity index (χ4n) is 1.99. The van der Waals surface area contributed by atoms with Crippen LogP contribution in [0.15, 0.2) is 46.9 Å². The van der Waals surface area contributed by atoms with Crippen molar-refractivity contribution >= 4 is 27.7 Å². The Kier molecular flexibility index (Phi) is 6.43. The second-order valence-corrected chi connectivity index (χ2v) is 5.95. The van der Waals surface area contributed by atoms with Crippen LogP contribution < -0.4 is 10.6 Å². The minimum Gasteiger partial charge on any atom is -0.352 e. The highest BCUT2D eigenvalue weighted by Gasteiger charge is 2.12. The van der Waals surface area contributed by atoms with Crippen molar-refractivity contribution in [2.75, 3.05) is 6.54 Å². The fourth-order valence-corrected chi connectivity index (χ4v) is 2.44. The number of halogens is 3. The average Bonchev–Trinajstić information content (AvgIpc) is 2.53. The topological polar surface area (TPSA) is 58.2 Å². The van der Waals surface area contributed by atoms with Gasteiger partial charge in [0, 0.05) is 30.0 Å². The first kappa shape index (κ1) is 18.1. The van der Waals surface area contributed by atoms with E-state index in [1.807, 2.05) is 24.3 Å². The van der Waals surface area contributed by atoms with Crippen LogP contribution in [0.5, 0.6) is 0 Å². The molecule has 0 heterocycles. The number of hydrogen-bond acceptors (Lipinski definition) is 2. The van der Waals surface area contributed by atoms with Crippen LogP contribution >= 0.6 is 15.9 Å². The van der Waals surface area contributed by atoms with Gasteiger partial charge >= 0.3 is 0 Å². The minimum atomic E-state index is -0.938. The van der Waals surface area contributed by atoms with Gasteiger partial charge in [-0.1, -0.05) is 28.1 Å². The van der Waals surface area contributed by atoms with E-state index in [2.05, 4.69) is 26.6 Å². The van der Waals surface area contributed by atoms with Crippen molar-refractivity contribution in [1.29, 1.82) is 0 Å².